The molecule has 1 rings (SSSR count). The standard InChI is InChI=1S/C11H12BrF3S/c12-6-1-7-16-8-9-2-4-10(5-3-9)11(13,14)15/h2-5H,1,6-8H2. The third-order valence-corrected chi connectivity index (χ3v) is 3.65. The van der Waals surface area contributed by atoms with Crippen LogP contribution in [0.15, 0.2) is 24.3 Å². The Labute approximate surface area is 106 Å². The molecule has 0 fully saturated rings. The van der Waals surface area contributed by atoms with Crippen LogP contribution in [0.4, 0.5) is 13.2 Å². The normalized spacial score (nSPS) is 11.8. The minimum absolute atomic E-state index is 0.582. The molecule has 1 aromatic rings. The number of thioether (sulfide) groups is 1. The molecule has 0 aliphatic carbocycles. The molecule has 0 aromatic heterocycles. The van der Waals surface area contributed by atoms with Crippen LogP contribution in [0.25, 0.3) is 0 Å². The van der Waals surface area contributed by atoms with Gasteiger partial charge in [0.05, 0.1) is 5.56 Å². The van der Waals surface area contributed by atoms with Crippen molar-refractivity contribution in [3.8, 4) is 0 Å². The monoisotopic (exact) mass is 312 g/mol. The van der Waals surface area contributed by atoms with Crippen LogP contribution in [-0.4, -0.2) is 11.1 Å². The molecule has 0 saturated carbocycles. The predicted molar refractivity (Wildman–Crippen MR) is 66.0 cm³/mol. The van der Waals surface area contributed by atoms with Gasteiger partial charge in [-0.3, -0.25) is 0 Å². The second-order valence-corrected chi connectivity index (χ2v) is 5.19. The average molecular weight is 313 g/mol. The zero-order chi connectivity index (χ0) is 12.0. The maximum atomic E-state index is 12.3. The molecule has 1 aromatic carbocycles. The number of halogens is 4. The van der Waals surface area contributed by atoms with E-state index >= 15 is 0 Å². The van der Waals surface area contributed by atoms with Crippen LogP contribution in [-0.2, 0) is 11.9 Å². The van der Waals surface area contributed by atoms with Gasteiger partial charge in [-0.2, -0.15) is 24.9 Å². The summed E-state index contributed by atoms with van der Waals surface area (Å²) >= 11 is 5.06. The van der Waals surface area contributed by atoms with Crippen LogP contribution in [0.2, 0.25) is 0 Å². The molecular weight excluding hydrogens is 301 g/mol. The first-order chi connectivity index (χ1) is 7.54. The highest BCUT2D eigenvalue weighted by Crippen LogP contribution is 2.29. The highest BCUT2D eigenvalue weighted by molar-refractivity contribution is 9.09. The maximum Gasteiger partial charge on any atom is 0.416 e. The summed E-state index contributed by atoms with van der Waals surface area (Å²) in [4.78, 5) is 0. The Morgan fingerprint density at radius 2 is 1.75 bits per heavy atom. The van der Waals surface area contributed by atoms with Crippen LogP contribution in [0.3, 0.4) is 0 Å². The highest BCUT2D eigenvalue weighted by Gasteiger charge is 2.29. The minimum atomic E-state index is -4.23. The van der Waals surface area contributed by atoms with Gasteiger partial charge in [0.2, 0.25) is 0 Å². The van der Waals surface area contributed by atoms with E-state index in [1.807, 2.05) is 0 Å². The summed E-state index contributed by atoms with van der Waals surface area (Å²) in [7, 11) is 0. The van der Waals surface area contributed by atoms with E-state index in [1.165, 1.54) is 0 Å². The summed E-state index contributed by atoms with van der Waals surface area (Å²) in [6, 6.07) is 5.37. The van der Waals surface area contributed by atoms with Gasteiger partial charge in [-0.25, -0.2) is 0 Å². The summed E-state index contributed by atoms with van der Waals surface area (Å²) < 4.78 is 36.8. The zero-order valence-electron chi connectivity index (χ0n) is 8.56. The largest absolute Gasteiger partial charge is 0.416 e. The van der Waals surface area contributed by atoms with Crippen LogP contribution in [0, 0.1) is 0 Å². The van der Waals surface area contributed by atoms with E-state index in [1.54, 1.807) is 23.9 Å². The summed E-state index contributed by atoms with van der Waals surface area (Å²) in [6.45, 7) is 0. The van der Waals surface area contributed by atoms with Crippen molar-refractivity contribution in [3.05, 3.63) is 35.4 Å². The number of rotatable bonds is 5. The molecule has 0 unspecified atom stereocenters. The van der Waals surface area contributed by atoms with Crippen molar-refractivity contribution < 1.29 is 13.2 Å². The van der Waals surface area contributed by atoms with Crippen molar-refractivity contribution in [2.24, 2.45) is 0 Å². The Bertz CT molecular complexity index is 308. The number of benzene rings is 1. The maximum absolute atomic E-state index is 12.3. The molecule has 0 amide bonds. The van der Waals surface area contributed by atoms with E-state index in [4.69, 9.17) is 0 Å². The van der Waals surface area contributed by atoms with Crippen molar-refractivity contribution in [2.45, 2.75) is 18.3 Å². The van der Waals surface area contributed by atoms with Crippen LogP contribution >= 0.6 is 27.7 Å². The lowest BCUT2D eigenvalue weighted by atomic mass is 10.1. The first-order valence-electron chi connectivity index (χ1n) is 4.84. The Morgan fingerprint density at radius 3 is 2.25 bits per heavy atom. The van der Waals surface area contributed by atoms with Crippen molar-refractivity contribution in [1.29, 1.82) is 0 Å². The van der Waals surface area contributed by atoms with Gasteiger partial charge in [-0.1, -0.05) is 28.1 Å². The number of hydrogen-bond donors (Lipinski definition) is 0. The van der Waals surface area contributed by atoms with E-state index in [0.717, 1.165) is 41.0 Å². The molecule has 0 aliphatic heterocycles. The van der Waals surface area contributed by atoms with Crippen molar-refractivity contribution in [3.63, 3.8) is 0 Å². The van der Waals surface area contributed by atoms with Gasteiger partial charge in [0.15, 0.2) is 0 Å². The molecule has 5 heteroatoms. The van der Waals surface area contributed by atoms with E-state index in [-0.39, 0.29) is 0 Å². The van der Waals surface area contributed by atoms with Crippen molar-refractivity contribution in [2.75, 3.05) is 11.1 Å². The summed E-state index contributed by atoms with van der Waals surface area (Å²) in [5.74, 6) is 1.79. The fourth-order valence-corrected chi connectivity index (χ4v) is 2.71. The SMILES string of the molecule is FC(F)(F)c1ccc(CSCCCBr)cc1. The summed E-state index contributed by atoms with van der Waals surface area (Å²) in [6.07, 6.45) is -3.16. The second kappa shape index (κ2) is 6.55. The molecule has 0 heterocycles. The molecule has 0 N–H and O–H groups in total. The predicted octanol–water partition coefficient (Wildman–Crippen LogP) is 4.72. The summed E-state index contributed by atoms with van der Waals surface area (Å²) in [5, 5.41) is 0.965. The van der Waals surface area contributed by atoms with Crippen LogP contribution in [0.1, 0.15) is 17.5 Å². The number of hydrogen-bond acceptors (Lipinski definition) is 1. The van der Waals surface area contributed by atoms with Gasteiger partial charge in [-0.05, 0) is 29.9 Å². The van der Waals surface area contributed by atoms with E-state index in [9.17, 15) is 13.2 Å². The van der Waals surface area contributed by atoms with Gasteiger partial charge < -0.3 is 0 Å². The Morgan fingerprint density at radius 1 is 1.12 bits per heavy atom. The Hall–Kier alpha value is -0.160. The van der Waals surface area contributed by atoms with E-state index < -0.39 is 11.7 Å². The molecule has 0 saturated heterocycles. The molecule has 0 aliphatic rings. The lowest BCUT2D eigenvalue weighted by Crippen LogP contribution is -2.04. The smallest absolute Gasteiger partial charge is 0.166 e. The van der Waals surface area contributed by atoms with Gasteiger partial charge in [0.25, 0.3) is 0 Å². The highest BCUT2D eigenvalue weighted by atomic mass is 79.9. The molecule has 0 nitrogen and oxygen atoms in total. The average Bonchev–Trinajstić information content (AvgIpc) is 2.24. The van der Waals surface area contributed by atoms with Crippen molar-refractivity contribution >= 4 is 27.7 Å². The molecule has 0 radical (unpaired) electrons. The second-order valence-electron chi connectivity index (χ2n) is 3.29. The molecular formula is C11H12BrF3S. The van der Waals surface area contributed by atoms with Crippen LogP contribution < -0.4 is 0 Å². The fraction of sp³-hybridized carbons (Fsp3) is 0.455. The van der Waals surface area contributed by atoms with Gasteiger partial charge in [0, 0.05) is 11.1 Å². The van der Waals surface area contributed by atoms with Crippen molar-refractivity contribution in [1.82, 2.24) is 0 Å². The lowest BCUT2D eigenvalue weighted by molar-refractivity contribution is -0.137. The zero-order valence-corrected chi connectivity index (χ0v) is 11.0. The third kappa shape index (κ3) is 4.78. The van der Waals surface area contributed by atoms with Gasteiger partial charge in [-0.15, -0.1) is 0 Å². The van der Waals surface area contributed by atoms with Gasteiger partial charge in [0.1, 0.15) is 0 Å². The first kappa shape index (κ1) is 13.9. The third-order valence-electron chi connectivity index (χ3n) is 1.97. The first-order valence-corrected chi connectivity index (χ1v) is 7.11. The lowest BCUT2D eigenvalue weighted by Gasteiger charge is -2.07. The molecule has 0 bridgehead atoms. The number of alkyl halides is 4. The Balaban J connectivity index is 2.46. The molecule has 0 atom stereocenters. The molecule has 90 valence electrons. The quantitative estimate of drug-likeness (QED) is 0.560. The van der Waals surface area contributed by atoms with Gasteiger partial charge >= 0.3 is 6.18 Å². The molecule has 0 spiro atoms. The van der Waals surface area contributed by atoms with E-state index in [0.29, 0.717) is 0 Å². The van der Waals surface area contributed by atoms with Crippen LogP contribution in [0.5, 0.6) is 0 Å². The fourth-order valence-electron chi connectivity index (χ4n) is 1.14. The minimum Gasteiger partial charge on any atom is -0.166 e. The topological polar surface area (TPSA) is 0 Å². The molecule has 16 heavy (non-hydrogen) atoms. The van der Waals surface area contributed by atoms with E-state index in [2.05, 4.69) is 15.9 Å². The Kier molecular flexibility index (Phi) is 5.69. The summed E-state index contributed by atoms with van der Waals surface area (Å²) in [5.41, 5.74) is 0.356.